The summed E-state index contributed by atoms with van der Waals surface area (Å²) in [4.78, 5) is 0.160. The highest BCUT2D eigenvalue weighted by atomic mass is 32.2. The molecule has 0 aliphatic carbocycles. The van der Waals surface area contributed by atoms with Gasteiger partial charge in [0.25, 0.3) is 0 Å². The number of nitrogens with zero attached hydrogens (tertiary/aromatic N) is 1. The lowest BCUT2D eigenvalue weighted by molar-refractivity contribution is -0.0170. The number of ether oxygens (including phenoxy) is 2. The minimum atomic E-state index is -3.62. The normalized spacial score (nSPS) is 24.0. The van der Waals surface area contributed by atoms with Gasteiger partial charge in [-0.25, -0.2) is 8.42 Å². The van der Waals surface area contributed by atoms with E-state index in [1.165, 1.54) is 23.5 Å². The number of rotatable bonds is 4. The summed E-state index contributed by atoms with van der Waals surface area (Å²) < 4.78 is 37.5. The van der Waals surface area contributed by atoms with E-state index in [2.05, 4.69) is 0 Å². The molecule has 118 valence electrons. The van der Waals surface area contributed by atoms with Crippen LogP contribution in [0, 0.1) is 0 Å². The first-order valence-electron chi connectivity index (χ1n) is 6.81. The van der Waals surface area contributed by atoms with Crippen LogP contribution in [0.1, 0.15) is 19.4 Å². The number of aliphatic hydroxyl groups is 1. The van der Waals surface area contributed by atoms with Crippen molar-refractivity contribution in [1.82, 2.24) is 4.31 Å². The highest BCUT2D eigenvalue weighted by molar-refractivity contribution is 7.89. The molecule has 1 aliphatic rings. The van der Waals surface area contributed by atoms with E-state index >= 15 is 0 Å². The van der Waals surface area contributed by atoms with Crippen LogP contribution in [-0.4, -0.2) is 50.2 Å². The number of benzene rings is 1. The summed E-state index contributed by atoms with van der Waals surface area (Å²) in [6.07, 6.45) is -0.133. The average Bonchev–Trinajstić information content (AvgIpc) is 2.48. The molecular weight excluding hydrogens is 294 g/mol. The molecule has 1 aromatic carbocycles. The van der Waals surface area contributed by atoms with Crippen LogP contribution in [-0.2, 0) is 21.4 Å². The molecule has 0 spiro atoms. The molecule has 7 heteroatoms. The van der Waals surface area contributed by atoms with Gasteiger partial charge in [-0.15, -0.1) is 0 Å². The Labute approximate surface area is 125 Å². The molecule has 2 unspecified atom stereocenters. The molecule has 0 bridgehead atoms. The Hall–Kier alpha value is -1.15. The van der Waals surface area contributed by atoms with Gasteiger partial charge in [-0.1, -0.05) is 0 Å². The molecule has 2 atom stereocenters. The van der Waals surface area contributed by atoms with E-state index in [1.807, 2.05) is 13.8 Å². The fourth-order valence-corrected chi connectivity index (χ4v) is 4.12. The van der Waals surface area contributed by atoms with Crippen molar-refractivity contribution in [2.24, 2.45) is 0 Å². The molecule has 0 amide bonds. The minimum Gasteiger partial charge on any atom is -0.496 e. The van der Waals surface area contributed by atoms with Crippen LogP contribution >= 0.6 is 0 Å². The minimum absolute atomic E-state index is 0.133. The smallest absolute Gasteiger partial charge is 0.243 e. The Bertz CT molecular complexity index is 601. The number of hydrogen-bond donors (Lipinski definition) is 1. The van der Waals surface area contributed by atoms with Crippen molar-refractivity contribution in [1.29, 1.82) is 0 Å². The maximum absolute atomic E-state index is 12.8. The Morgan fingerprint density at radius 1 is 1.43 bits per heavy atom. The predicted octanol–water partition coefficient (Wildman–Crippen LogP) is 0.985. The van der Waals surface area contributed by atoms with E-state index in [9.17, 15) is 13.5 Å². The first-order chi connectivity index (χ1) is 9.90. The molecule has 0 aromatic heterocycles. The van der Waals surface area contributed by atoms with Gasteiger partial charge < -0.3 is 14.6 Å². The third-order valence-corrected chi connectivity index (χ3v) is 5.56. The van der Waals surface area contributed by atoms with Gasteiger partial charge in [0.15, 0.2) is 0 Å². The molecular formula is C14H21NO5S. The third-order valence-electron chi connectivity index (χ3n) is 3.58. The zero-order valence-corrected chi connectivity index (χ0v) is 13.3. The molecule has 1 aliphatic heterocycles. The van der Waals surface area contributed by atoms with Gasteiger partial charge in [-0.2, -0.15) is 4.31 Å². The van der Waals surface area contributed by atoms with Crippen LogP contribution in [0.25, 0.3) is 0 Å². The molecule has 1 heterocycles. The van der Waals surface area contributed by atoms with E-state index < -0.39 is 10.0 Å². The summed E-state index contributed by atoms with van der Waals surface area (Å²) in [5.41, 5.74) is 0.451. The zero-order chi connectivity index (χ0) is 15.6. The zero-order valence-electron chi connectivity index (χ0n) is 12.4. The van der Waals surface area contributed by atoms with Gasteiger partial charge in [0.2, 0.25) is 10.0 Å². The summed E-state index contributed by atoms with van der Waals surface area (Å²) in [6, 6.07) is 4.31. The largest absolute Gasteiger partial charge is 0.496 e. The summed E-state index contributed by atoms with van der Waals surface area (Å²) in [6.45, 7) is 4.09. The maximum atomic E-state index is 12.8. The highest BCUT2D eigenvalue weighted by Crippen LogP contribution is 2.27. The highest BCUT2D eigenvalue weighted by Gasteiger charge is 2.34. The summed E-state index contributed by atoms with van der Waals surface area (Å²) in [7, 11) is -2.13. The lowest BCUT2D eigenvalue weighted by Crippen LogP contribution is -2.50. The molecule has 2 rings (SSSR count). The molecule has 1 saturated heterocycles. The number of aliphatic hydroxyl groups excluding tert-OH is 1. The van der Waals surface area contributed by atoms with Crippen LogP contribution in [0.15, 0.2) is 23.1 Å². The monoisotopic (exact) mass is 315 g/mol. The standard InChI is InChI=1S/C14H21NO5S/c1-10-9-20-11(2)7-15(10)21(17,18)13-4-5-14(19-3)12(6-13)8-16/h4-6,10-11,16H,7-9H2,1-3H3. The maximum Gasteiger partial charge on any atom is 0.243 e. The fourth-order valence-electron chi connectivity index (χ4n) is 2.38. The van der Waals surface area contributed by atoms with Gasteiger partial charge in [-0.3, -0.25) is 0 Å². The second kappa shape index (κ2) is 6.31. The molecule has 0 saturated carbocycles. The number of morpholine rings is 1. The van der Waals surface area contributed by atoms with Crippen LogP contribution in [0.2, 0.25) is 0 Å². The molecule has 6 nitrogen and oxygen atoms in total. The van der Waals surface area contributed by atoms with Crippen molar-refractivity contribution in [3.8, 4) is 5.75 Å². The van der Waals surface area contributed by atoms with Crippen molar-refractivity contribution < 1.29 is 23.0 Å². The van der Waals surface area contributed by atoms with Crippen LogP contribution < -0.4 is 4.74 Å². The third kappa shape index (κ3) is 3.21. The molecule has 1 aromatic rings. The lowest BCUT2D eigenvalue weighted by Gasteiger charge is -2.35. The number of methoxy groups -OCH3 is 1. The topological polar surface area (TPSA) is 76.1 Å². The predicted molar refractivity (Wildman–Crippen MR) is 77.7 cm³/mol. The van der Waals surface area contributed by atoms with E-state index in [0.29, 0.717) is 24.5 Å². The molecule has 1 fully saturated rings. The van der Waals surface area contributed by atoms with E-state index in [-0.39, 0.29) is 23.6 Å². The Kier molecular flexibility index (Phi) is 4.88. The SMILES string of the molecule is COc1ccc(S(=O)(=O)N2CC(C)OCC2C)cc1CO. The quantitative estimate of drug-likeness (QED) is 0.896. The molecule has 1 N–H and O–H groups in total. The number of sulfonamides is 1. The van der Waals surface area contributed by atoms with Crippen molar-refractivity contribution in [3.63, 3.8) is 0 Å². The van der Waals surface area contributed by atoms with Crippen LogP contribution in [0.4, 0.5) is 0 Å². The van der Waals surface area contributed by atoms with Crippen molar-refractivity contribution in [2.45, 2.75) is 37.5 Å². The second-order valence-corrected chi connectivity index (χ2v) is 7.09. The van der Waals surface area contributed by atoms with Gasteiger partial charge in [0.05, 0.1) is 31.3 Å². The Balaban J connectivity index is 2.39. The molecule has 21 heavy (non-hydrogen) atoms. The van der Waals surface area contributed by atoms with Crippen molar-refractivity contribution in [2.75, 3.05) is 20.3 Å². The van der Waals surface area contributed by atoms with Gasteiger partial charge in [0, 0.05) is 18.2 Å². The van der Waals surface area contributed by atoms with E-state index in [4.69, 9.17) is 9.47 Å². The van der Waals surface area contributed by atoms with Crippen LogP contribution in [0.5, 0.6) is 5.75 Å². The van der Waals surface area contributed by atoms with E-state index in [1.54, 1.807) is 6.07 Å². The first-order valence-corrected chi connectivity index (χ1v) is 8.25. The average molecular weight is 315 g/mol. The first kappa shape index (κ1) is 16.2. The van der Waals surface area contributed by atoms with Gasteiger partial charge in [0.1, 0.15) is 5.75 Å². The van der Waals surface area contributed by atoms with Gasteiger partial charge in [-0.05, 0) is 32.0 Å². The van der Waals surface area contributed by atoms with Crippen molar-refractivity contribution >= 4 is 10.0 Å². The lowest BCUT2D eigenvalue weighted by atomic mass is 10.2. The summed E-state index contributed by atoms with van der Waals surface area (Å²) >= 11 is 0. The second-order valence-electron chi connectivity index (χ2n) is 5.20. The Morgan fingerprint density at radius 2 is 2.14 bits per heavy atom. The van der Waals surface area contributed by atoms with Gasteiger partial charge >= 0.3 is 0 Å². The number of hydrogen-bond acceptors (Lipinski definition) is 5. The molecule has 0 radical (unpaired) electrons. The summed E-state index contributed by atoms with van der Waals surface area (Å²) in [5, 5.41) is 9.34. The summed E-state index contributed by atoms with van der Waals surface area (Å²) in [5.74, 6) is 0.472. The van der Waals surface area contributed by atoms with Crippen molar-refractivity contribution in [3.05, 3.63) is 23.8 Å². The van der Waals surface area contributed by atoms with E-state index in [0.717, 1.165) is 0 Å². The Morgan fingerprint density at radius 3 is 2.76 bits per heavy atom. The van der Waals surface area contributed by atoms with Crippen LogP contribution in [0.3, 0.4) is 0 Å². The fraction of sp³-hybridized carbons (Fsp3) is 0.571.